The van der Waals surface area contributed by atoms with Crippen LogP contribution < -0.4 is 0 Å². The minimum Gasteiger partial charge on any atom is -0.465 e. The summed E-state index contributed by atoms with van der Waals surface area (Å²) in [6.45, 7) is 6.52. The fourth-order valence-corrected chi connectivity index (χ4v) is 6.44. The molecule has 2 N–H and O–H groups in total. The predicted octanol–water partition coefficient (Wildman–Crippen LogP) is 1.64. The maximum atomic E-state index is 13.5. The maximum absolute atomic E-state index is 13.5. The number of fused-ring (bicyclic) bond motifs is 2. The van der Waals surface area contributed by atoms with Gasteiger partial charge in [0.25, 0.3) is 0 Å². The summed E-state index contributed by atoms with van der Waals surface area (Å²) < 4.78 is 15.9. The smallest absolute Gasteiger partial charge is 0.315 e. The molecule has 2 bridgehead atoms. The van der Waals surface area contributed by atoms with Crippen molar-refractivity contribution in [2.75, 3.05) is 13.4 Å². The van der Waals surface area contributed by atoms with E-state index in [9.17, 15) is 24.6 Å². The van der Waals surface area contributed by atoms with Gasteiger partial charge in [-0.25, -0.2) is 0 Å². The first-order chi connectivity index (χ1) is 14.5. The third kappa shape index (κ3) is 3.22. The highest BCUT2D eigenvalue weighted by molar-refractivity contribution is 5.82. The third-order valence-electron chi connectivity index (χ3n) is 8.23. The summed E-state index contributed by atoms with van der Waals surface area (Å²) in [6, 6.07) is 0. The summed E-state index contributed by atoms with van der Waals surface area (Å²) >= 11 is 0. The van der Waals surface area contributed by atoms with E-state index in [-0.39, 0.29) is 12.5 Å². The van der Waals surface area contributed by atoms with E-state index in [1.54, 1.807) is 19.1 Å². The van der Waals surface area contributed by atoms with Crippen LogP contribution in [0.5, 0.6) is 0 Å². The molecule has 1 heterocycles. The minimum absolute atomic E-state index is 0.106. The number of allylic oxidation sites excluding steroid dienone is 1. The highest BCUT2D eigenvalue weighted by atomic mass is 16.7. The number of rotatable bonds is 3. The number of hydrogen-bond donors (Lipinski definition) is 2. The Hall–Kier alpha value is -2.19. The van der Waals surface area contributed by atoms with Crippen LogP contribution in [0.4, 0.5) is 0 Å². The van der Waals surface area contributed by atoms with Gasteiger partial charge in [-0.1, -0.05) is 18.7 Å². The second-order valence-corrected chi connectivity index (χ2v) is 9.75. The van der Waals surface area contributed by atoms with E-state index in [4.69, 9.17) is 14.2 Å². The van der Waals surface area contributed by atoms with Gasteiger partial charge in [-0.15, -0.1) is 0 Å². The van der Waals surface area contributed by atoms with Gasteiger partial charge in [0.2, 0.25) is 6.79 Å². The summed E-state index contributed by atoms with van der Waals surface area (Å²) in [5.41, 5.74) is -2.48. The van der Waals surface area contributed by atoms with E-state index in [2.05, 4.69) is 6.58 Å². The molecule has 0 aromatic rings. The van der Waals surface area contributed by atoms with E-state index < -0.39 is 59.1 Å². The Kier molecular flexibility index (Phi) is 5.29. The first-order valence-corrected chi connectivity index (χ1v) is 10.8. The molecule has 3 fully saturated rings. The van der Waals surface area contributed by atoms with Gasteiger partial charge in [-0.05, 0) is 55.9 Å². The molecule has 0 radical (unpaired) electrons. The van der Waals surface area contributed by atoms with Gasteiger partial charge < -0.3 is 24.4 Å². The van der Waals surface area contributed by atoms with Gasteiger partial charge in [0.05, 0.1) is 29.6 Å². The minimum atomic E-state index is -1.35. The topological polar surface area (TPSA) is 119 Å². The largest absolute Gasteiger partial charge is 0.465 e. The molecule has 1 aliphatic heterocycles. The standard InChI is InChI=1S/C23H30O8/c1-13-9-22-11-23(13,28)8-7-15(22)10-29-20(27)21(3)16(5-4-6-17(21)25)18(22)19(26)31-12-30-14(2)24/h4,6,15-18,25,28H,1,5,7-12H2,2-3H3/t15-,16?,17-,18+,21+,22?,23-/m0/s1. The summed E-state index contributed by atoms with van der Waals surface area (Å²) in [4.78, 5) is 37.8. The van der Waals surface area contributed by atoms with E-state index in [0.717, 1.165) is 0 Å². The fraction of sp³-hybridized carbons (Fsp3) is 0.696. The molecule has 1 spiro atoms. The summed E-state index contributed by atoms with van der Waals surface area (Å²) in [6.07, 6.45) is 4.38. The van der Waals surface area contributed by atoms with Crippen molar-refractivity contribution in [2.24, 2.45) is 28.6 Å². The number of carbonyl (C=O) groups excluding carboxylic acids is 3. The van der Waals surface area contributed by atoms with E-state index in [1.165, 1.54) is 6.92 Å². The molecule has 7 atom stereocenters. The summed E-state index contributed by atoms with van der Waals surface area (Å²) in [7, 11) is 0. The maximum Gasteiger partial charge on any atom is 0.315 e. The molecule has 2 unspecified atom stereocenters. The molecule has 0 amide bonds. The quantitative estimate of drug-likeness (QED) is 0.391. The van der Waals surface area contributed by atoms with Crippen molar-refractivity contribution in [1.29, 1.82) is 0 Å². The average Bonchev–Trinajstić information content (AvgIpc) is 2.90. The van der Waals surface area contributed by atoms with Crippen molar-refractivity contribution in [3.05, 3.63) is 24.3 Å². The Morgan fingerprint density at radius 3 is 2.81 bits per heavy atom. The second-order valence-electron chi connectivity index (χ2n) is 9.75. The number of carbonyl (C=O) groups is 3. The van der Waals surface area contributed by atoms with Gasteiger partial charge in [0, 0.05) is 12.8 Å². The van der Waals surface area contributed by atoms with E-state index >= 15 is 0 Å². The Labute approximate surface area is 181 Å². The first-order valence-electron chi connectivity index (χ1n) is 10.8. The van der Waals surface area contributed by atoms with Crippen molar-refractivity contribution in [1.82, 2.24) is 0 Å². The van der Waals surface area contributed by atoms with E-state index in [0.29, 0.717) is 37.7 Å². The van der Waals surface area contributed by atoms with Gasteiger partial charge in [-0.3, -0.25) is 14.4 Å². The molecule has 4 aliphatic rings. The number of cyclic esters (lactones) is 1. The molecule has 0 aromatic heterocycles. The van der Waals surface area contributed by atoms with Gasteiger partial charge >= 0.3 is 17.9 Å². The molecule has 31 heavy (non-hydrogen) atoms. The van der Waals surface area contributed by atoms with Crippen LogP contribution in [0.15, 0.2) is 24.3 Å². The molecule has 4 rings (SSSR count). The Bertz CT molecular complexity index is 849. The predicted molar refractivity (Wildman–Crippen MR) is 107 cm³/mol. The highest BCUT2D eigenvalue weighted by Gasteiger charge is 2.68. The van der Waals surface area contributed by atoms with Crippen molar-refractivity contribution in [3.8, 4) is 0 Å². The monoisotopic (exact) mass is 434 g/mol. The van der Waals surface area contributed by atoms with Crippen molar-refractivity contribution in [2.45, 2.75) is 57.7 Å². The molecular weight excluding hydrogens is 404 g/mol. The Balaban J connectivity index is 1.81. The first kappa shape index (κ1) is 22.0. The third-order valence-corrected chi connectivity index (χ3v) is 8.23. The molecular formula is C23H30O8. The normalized spacial score (nSPS) is 43.7. The molecule has 3 aliphatic carbocycles. The lowest BCUT2D eigenvalue weighted by Gasteiger charge is -2.54. The highest BCUT2D eigenvalue weighted by Crippen LogP contribution is 2.66. The lowest BCUT2D eigenvalue weighted by atomic mass is 9.51. The SMILES string of the molecule is C=C1CC23C[C@@]1(O)CC[C@H]2COC(=O)[C@]1(C)C(CC=C[C@@H]1O)[C@@H]3C(=O)OCOC(C)=O. The Morgan fingerprint density at radius 2 is 2.10 bits per heavy atom. The van der Waals surface area contributed by atoms with Crippen LogP contribution in [0, 0.1) is 28.6 Å². The molecule has 8 nitrogen and oxygen atoms in total. The zero-order chi connectivity index (χ0) is 22.6. The fourth-order valence-electron chi connectivity index (χ4n) is 6.44. The van der Waals surface area contributed by atoms with Crippen LogP contribution in [-0.4, -0.2) is 53.2 Å². The van der Waals surface area contributed by atoms with E-state index in [1.807, 2.05) is 0 Å². The number of aliphatic hydroxyl groups is 2. The number of hydrogen-bond acceptors (Lipinski definition) is 8. The molecule has 2 saturated carbocycles. The number of ether oxygens (including phenoxy) is 3. The zero-order valence-electron chi connectivity index (χ0n) is 18.0. The van der Waals surface area contributed by atoms with Gasteiger partial charge in [0.15, 0.2) is 0 Å². The second kappa shape index (κ2) is 7.45. The average molecular weight is 434 g/mol. The zero-order valence-corrected chi connectivity index (χ0v) is 18.0. The van der Waals surface area contributed by atoms with Crippen LogP contribution in [0.2, 0.25) is 0 Å². The van der Waals surface area contributed by atoms with Crippen molar-refractivity contribution in [3.63, 3.8) is 0 Å². The van der Waals surface area contributed by atoms with Crippen molar-refractivity contribution >= 4 is 17.9 Å². The Morgan fingerprint density at radius 1 is 1.35 bits per heavy atom. The van der Waals surface area contributed by atoms with Crippen LogP contribution in [0.3, 0.4) is 0 Å². The summed E-state index contributed by atoms with van der Waals surface area (Å²) in [5.74, 6) is -3.29. The van der Waals surface area contributed by atoms with Crippen molar-refractivity contribution < 1.29 is 38.8 Å². The van der Waals surface area contributed by atoms with Gasteiger partial charge in [-0.2, -0.15) is 0 Å². The molecule has 0 aromatic carbocycles. The van der Waals surface area contributed by atoms with Crippen LogP contribution in [-0.2, 0) is 28.6 Å². The van der Waals surface area contributed by atoms with Crippen LogP contribution in [0.25, 0.3) is 0 Å². The molecule has 8 heteroatoms. The summed E-state index contributed by atoms with van der Waals surface area (Å²) in [5, 5.41) is 22.0. The molecule has 1 saturated heterocycles. The van der Waals surface area contributed by atoms with Crippen LogP contribution >= 0.6 is 0 Å². The number of aliphatic hydroxyl groups excluding tert-OH is 1. The van der Waals surface area contributed by atoms with Gasteiger partial charge in [0.1, 0.15) is 0 Å². The lowest BCUT2D eigenvalue weighted by molar-refractivity contribution is -0.201. The van der Waals surface area contributed by atoms with Crippen LogP contribution in [0.1, 0.15) is 46.0 Å². The number of esters is 3. The molecule has 170 valence electrons. The lowest BCUT2D eigenvalue weighted by Crippen LogP contribution is -2.60.